The Kier molecular flexibility index (Phi) is 6.60. The normalized spacial score (nSPS) is 16.9. The molecular weight excluding hydrogens is 553 g/mol. The van der Waals surface area contributed by atoms with E-state index in [1.807, 2.05) is 36.4 Å². The number of allylic oxidation sites excluding steroid dienone is 4. The minimum absolute atomic E-state index is 0.137. The van der Waals surface area contributed by atoms with E-state index in [0.29, 0.717) is 22.0 Å². The van der Waals surface area contributed by atoms with Crippen molar-refractivity contribution in [2.45, 2.75) is 32.1 Å². The lowest BCUT2D eigenvalue weighted by Crippen LogP contribution is -2.17. The van der Waals surface area contributed by atoms with Crippen LogP contribution in [0, 0.1) is 5.92 Å². The first-order valence-electron chi connectivity index (χ1n) is 13.7. The molecule has 0 fully saturated rings. The molecule has 0 saturated heterocycles. The van der Waals surface area contributed by atoms with Crippen molar-refractivity contribution in [3.05, 3.63) is 112 Å². The van der Waals surface area contributed by atoms with E-state index in [-0.39, 0.29) is 5.92 Å². The topological polar surface area (TPSA) is 65.7 Å². The van der Waals surface area contributed by atoms with Gasteiger partial charge < -0.3 is 4.74 Å². The standard InChI is InChI=1S/C33H27Cl2N5O/c1-19(33-37-39-40(38-33)26-5-3-4-25(34)18-26)21-9-11-27-23(14-21)10-13-29-28(27)12-8-20-6-7-22(15-30(20)29)24-16-31(35)36-32(17-24)41-2/h3-9,11-12,15-19,21H,10,13-14H2,1-2H3. The van der Waals surface area contributed by atoms with Crippen LogP contribution < -0.4 is 4.74 Å². The molecule has 7 rings (SSSR count). The van der Waals surface area contributed by atoms with Crippen LogP contribution in [0.5, 0.6) is 5.88 Å². The molecule has 3 aromatic carbocycles. The predicted molar refractivity (Wildman–Crippen MR) is 164 cm³/mol. The SMILES string of the molecule is COc1cc(-c2ccc3ccc4c(c3c2)CCC2=C4C=CC(C(C)c3nnn(-c4cccc(Cl)c4)n3)C2)cc(Cl)n1. The smallest absolute Gasteiger partial charge is 0.214 e. The molecule has 6 nitrogen and oxygen atoms in total. The molecule has 5 aromatic rings. The Bertz CT molecular complexity index is 1880. The fourth-order valence-electron chi connectivity index (χ4n) is 6.07. The highest BCUT2D eigenvalue weighted by Gasteiger charge is 2.29. The number of hydrogen-bond acceptors (Lipinski definition) is 5. The lowest BCUT2D eigenvalue weighted by Gasteiger charge is -2.30. The van der Waals surface area contributed by atoms with Gasteiger partial charge in [0.1, 0.15) is 5.15 Å². The molecule has 0 amide bonds. The van der Waals surface area contributed by atoms with Gasteiger partial charge in [0.15, 0.2) is 5.82 Å². The van der Waals surface area contributed by atoms with E-state index in [2.05, 4.69) is 69.8 Å². The molecule has 0 bridgehead atoms. The molecular formula is C33H27Cl2N5O. The number of hydrogen-bond donors (Lipinski definition) is 0. The van der Waals surface area contributed by atoms with E-state index >= 15 is 0 Å². The summed E-state index contributed by atoms with van der Waals surface area (Å²) in [6.07, 6.45) is 7.67. The van der Waals surface area contributed by atoms with Crippen molar-refractivity contribution in [1.29, 1.82) is 0 Å². The third-order valence-corrected chi connectivity index (χ3v) is 8.73. The summed E-state index contributed by atoms with van der Waals surface area (Å²) in [5.74, 6) is 1.70. The van der Waals surface area contributed by atoms with Gasteiger partial charge in [-0.25, -0.2) is 4.98 Å². The van der Waals surface area contributed by atoms with Crippen LogP contribution in [0.3, 0.4) is 0 Å². The summed E-state index contributed by atoms with van der Waals surface area (Å²) in [4.78, 5) is 5.78. The van der Waals surface area contributed by atoms with Gasteiger partial charge in [-0.2, -0.15) is 0 Å². The number of aryl methyl sites for hydroxylation is 1. The summed E-state index contributed by atoms with van der Waals surface area (Å²) in [6, 6.07) is 22.4. The van der Waals surface area contributed by atoms with Gasteiger partial charge in [-0.1, -0.05) is 78.2 Å². The Morgan fingerprint density at radius 2 is 1.85 bits per heavy atom. The predicted octanol–water partition coefficient (Wildman–Crippen LogP) is 8.27. The molecule has 0 saturated carbocycles. The Morgan fingerprint density at radius 3 is 2.71 bits per heavy atom. The molecule has 8 heteroatoms. The quantitative estimate of drug-likeness (QED) is 0.196. The van der Waals surface area contributed by atoms with E-state index in [1.54, 1.807) is 11.9 Å². The number of nitrogens with zero attached hydrogens (tertiary/aromatic N) is 5. The third-order valence-electron chi connectivity index (χ3n) is 8.30. The van der Waals surface area contributed by atoms with Gasteiger partial charge in [-0.15, -0.1) is 15.0 Å². The molecule has 0 aliphatic heterocycles. The minimum Gasteiger partial charge on any atom is -0.481 e. The van der Waals surface area contributed by atoms with Gasteiger partial charge in [-0.3, -0.25) is 0 Å². The van der Waals surface area contributed by atoms with E-state index in [4.69, 9.17) is 27.9 Å². The lowest BCUT2D eigenvalue weighted by molar-refractivity contribution is 0.398. The van der Waals surface area contributed by atoms with Gasteiger partial charge in [0.2, 0.25) is 5.88 Å². The molecule has 0 N–H and O–H groups in total. The van der Waals surface area contributed by atoms with Crippen molar-refractivity contribution < 1.29 is 4.74 Å². The monoisotopic (exact) mass is 579 g/mol. The van der Waals surface area contributed by atoms with Crippen molar-refractivity contribution in [2.24, 2.45) is 5.92 Å². The number of benzene rings is 3. The molecule has 2 heterocycles. The van der Waals surface area contributed by atoms with Crippen LogP contribution in [0.15, 0.2) is 84.5 Å². The lowest BCUT2D eigenvalue weighted by atomic mass is 9.74. The van der Waals surface area contributed by atoms with Gasteiger partial charge in [0, 0.05) is 17.0 Å². The Balaban J connectivity index is 1.17. The average molecular weight is 581 g/mol. The second-order valence-electron chi connectivity index (χ2n) is 10.7. The summed E-state index contributed by atoms with van der Waals surface area (Å²) in [7, 11) is 1.61. The highest BCUT2D eigenvalue weighted by Crippen LogP contribution is 2.44. The zero-order chi connectivity index (χ0) is 28.1. The molecule has 2 aliphatic carbocycles. The molecule has 2 aliphatic rings. The van der Waals surface area contributed by atoms with Crippen molar-refractivity contribution in [1.82, 2.24) is 25.2 Å². The van der Waals surface area contributed by atoms with Crippen LogP contribution in [-0.4, -0.2) is 32.3 Å². The average Bonchev–Trinajstić information content (AvgIpc) is 3.50. The first kappa shape index (κ1) is 25.9. The summed E-state index contributed by atoms with van der Waals surface area (Å²) in [6.45, 7) is 2.19. The molecule has 2 aromatic heterocycles. The zero-order valence-corrected chi connectivity index (χ0v) is 24.2. The van der Waals surface area contributed by atoms with Crippen molar-refractivity contribution in [2.75, 3.05) is 7.11 Å². The van der Waals surface area contributed by atoms with Crippen LogP contribution >= 0.6 is 23.2 Å². The Labute approximate surface area is 248 Å². The zero-order valence-electron chi connectivity index (χ0n) is 22.7. The number of aromatic nitrogens is 5. The minimum atomic E-state index is 0.137. The summed E-state index contributed by atoms with van der Waals surface area (Å²) < 4.78 is 5.35. The van der Waals surface area contributed by atoms with Crippen molar-refractivity contribution in [3.8, 4) is 22.7 Å². The summed E-state index contributed by atoms with van der Waals surface area (Å²) in [5.41, 5.74) is 8.47. The first-order valence-corrected chi connectivity index (χ1v) is 14.5. The maximum atomic E-state index is 6.27. The van der Waals surface area contributed by atoms with E-state index < -0.39 is 0 Å². The van der Waals surface area contributed by atoms with Crippen LogP contribution in [0.4, 0.5) is 0 Å². The molecule has 41 heavy (non-hydrogen) atoms. The third kappa shape index (κ3) is 4.81. The first-order chi connectivity index (χ1) is 20.0. The maximum absolute atomic E-state index is 6.27. The molecule has 0 spiro atoms. The van der Waals surface area contributed by atoms with Gasteiger partial charge in [0.05, 0.1) is 12.8 Å². The van der Waals surface area contributed by atoms with Gasteiger partial charge in [0.25, 0.3) is 0 Å². The number of tetrazole rings is 1. The number of methoxy groups -OCH3 is 1. The Hall–Kier alpha value is -4.00. The molecule has 0 radical (unpaired) electrons. The fraction of sp³-hybridized carbons (Fsp3) is 0.212. The molecule has 2 unspecified atom stereocenters. The number of ether oxygens (including phenoxy) is 1. The highest BCUT2D eigenvalue weighted by molar-refractivity contribution is 6.30. The number of halogens is 2. The maximum Gasteiger partial charge on any atom is 0.214 e. The van der Waals surface area contributed by atoms with E-state index in [1.165, 1.54) is 33.0 Å². The molecule has 204 valence electrons. The van der Waals surface area contributed by atoms with E-state index in [9.17, 15) is 0 Å². The summed E-state index contributed by atoms with van der Waals surface area (Å²) in [5, 5.41) is 17.0. The number of rotatable bonds is 5. The van der Waals surface area contributed by atoms with Crippen LogP contribution in [0.2, 0.25) is 10.2 Å². The van der Waals surface area contributed by atoms with Gasteiger partial charge >= 0.3 is 0 Å². The van der Waals surface area contributed by atoms with Crippen LogP contribution in [0.1, 0.15) is 42.6 Å². The second-order valence-corrected chi connectivity index (χ2v) is 11.5. The van der Waals surface area contributed by atoms with Crippen LogP contribution in [0.25, 0.3) is 33.2 Å². The van der Waals surface area contributed by atoms with Crippen molar-refractivity contribution >= 4 is 39.5 Å². The largest absolute Gasteiger partial charge is 0.481 e. The fourth-order valence-corrected chi connectivity index (χ4v) is 6.46. The number of fused-ring (bicyclic) bond motifs is 4. The highest BCUT2D eigenvalue weighted by atomic mass is 35.5. The Morgan fingerprint density at radius 1 is 0.976 bits per heavy atom. The van der Waals surface area contributed by atoms with Gasteiger partial charge in [-0.05, 0) is 99.3 Å². The van der Waals surface area contributed by atoms with Crippen molar-refractivity contribution in [3.63, 3.8) is 0 Å². The van der Waals surface area contributed by atoms with E-state index in [0.717, 1.165) is 41.9 Å². The second kappa shape index (κ2) is 10.4. The summed E-state index contributed by atoms with van der Waals surface area (Å²) >= 11 is 12.4. The van der Waals surface area contributed by atoms with Crippen LogP contribution in [-0.2, 0) is 6.42 Å². The molecule has 2 atom stereocenters. The number of pyridine rings is 1.